The Kier molecular flexibility index (Phi) is 4.26. The van der Waals surface area contributed by atoms with Crippen molar-refractivity contribution in [3.63, 3.8) is 0 Å². The topological polar surface area (TPSA) is 52.6 Å². The van der Waals surface area contributed by atoms with E-state index in [9.17, 15) is 9.90 Å². The van der Waals surface area contributed by atoms with E-state index in [1.54, 1.807) is 0 Å². The van der Waals surface area contributed by atoms with Gasteiger partial charge in [-0.1, -0.05) is 6.42 Å². The fourth-order valence-electron chi connectivity index (χ4n) is 3.33. The highest BCUT2D eigenvalue weighted by Gasteiger charge is 2.38. The van der Waals surface area contributed by atoms with Gasteiger partial charge in [0.05, 0.1) is 6.10 Å². The Balaban J connectivity index is 2.03. The smallest absolute Gasteiger partial charge is 0.317 e. The summed E-state index contributed by atoms with van der Waals surface area (Å²) >= 11 is 0. The number of urea groups is 1. The van der Waals surface area contributed by atoms with E-state index < -0.39 is 0 Å². The fourth-order valence-corrected chi connectivity index (χ4v) is 3.33. The number of likely N-dealkylation sites (tertiary alicyclic amines) is 1. The van der Waals surface area contributed by atoms with Crippen molar-refractivity contribution < 1.29 is 9.90 Å². The lowest BCUT2D eigenvalue weighted by Gasteiger charge is -2.40. The van der Waals surface area contributed by atoms with Crippen LogP contribution < -0.4 is 5.32 Å². The second-order valence-corrected chi connectivity index (χ2v) is 5.25. The molecule has 17 heavy (non-hydrogen) atoms. The molecule has 1 aliphatic heterocycles. The van der Waals surface area contributed by atoms with Crippen LogP contribution in [0.15, 0.2) is 0 Å². The van der Waals surface area contributed by atoms with Gasteiger partial charge in [-0.25, -0.2) is 4.79 Å². The molecule has 0 bridgehead atoms. The van der Waals surface area contributed by atoms with E-state index >= 15 is 0 Å². The average molecular weight is 240 g/mol. The zero-order valence-electron chi connectivity index (χ0n) is 10.7. The van der Waals surface area contributed by atoms with E-state index in [0.29, 0.717) is 12.5 Å². The van der Waals surface area contributed by atoms with Gasteiger partial charge in [0.1, 0.15) is 0 Å². The minimum absolute atomic E-state index is 0.0521. The highest BCUT2D eigenvalue weighted by molar-refractivity contribution is 5.74. The van der Waals surface area contributed by atoms with Crippen molar-refractivity contribution in [3.05, 3.63) is 0 Å². The molecule has 2 fully saturated rings. The molecule has 3 unspecified atom stereocenters. The highest BCUT2D eigenvalue weighted by atomic mass is 16.3. The number of hydrogen-bond donors (Lipinski definition) is 2. The van der Waals surface area contributed by atoms with Crippen LogP contribution in [-0.2, 0) is 0 Å². The predicted octanol–water partition coefficient (Wildman–Crippen LogP) is 1.73. The van der Waals surface area contributed by atoms with E-state index in [4.69, 9.17) is 0 Å². The van der Waals surface area contributed by atoms with Crippen LogP contribution >= 0.6 is 0 Å². The number of nitrogens with zero attached hydrogens (tertiary/aromatic N) is 1. The molecule has 98 valence electrons. The number of rotatable bonds is 2. The normalized spacial score (nSPS) is 33.8. The number of hydrogen-bond acceptors (Lipinski definition) is 2. The van der Waals surface area contributed by atoms with E-state index in [0.717, 1.165) is 38.6 Å². The van der Waals surface area contributed by atoms with Crippen LogP contribution in [0.4, 0.5) is 4.79 Å². The van der Waals surface area contributed by atoms with E-state index in [1.807, 2.05) is 11.8 Å². The highest BCUT2D eigenvalue weighted by Crippen LogP contribution is 2.35. The van der Waals surface area contributed by atoms with Crippen LogP contribution in [0.1, 0.15) is 45.4 Å². The average Bonchev–Trinajstić information content (AvgIpc) is 2.76. The van der Waals surface area contributed by atoms with Gasteiger partial charge in [0.2, 0.25) is 0 Å². The van der Waals surface area contributed by atoms with Crippen LogP contribution in [0.3, 0.4) is 0 Å². The van der Waals surface area contributed by atoms with E-state index in [1.165, 1.54) is 6.42 Å². The Hall–Kier alpha value is -0.770. The summed E-state index contributed by atoms with van der Waals surface area (Å²) in [5, 5.41) is 12.9. The zero-order valence-corrected chi connectivity index (χ0v) is 10.7. The van der Waals surface area contributed by atoms with Crippen molar-refractivity contribution in [2.24, 2.45) is 5.92 Å². The lowest BCUT2D eigenvalue weighted by molar-refractivity contribution is 0.0529. The number of aliphatic hydroxyl groups is 1. The van der Waals surface area contributed by atoms with Crippen molar-refractivity contribution in [2.45, 2.75) is 57.6 Å². The van der Waals surface area contributed by atoms with Crippen LogP contribution in [0.2, 0.25) is 0 Å². The Labute approximate surface area is 103 Å². The van der Waals surface area contributed by atoms with Gasteiger partial charge in [-0.15, -0.1) is 0 Å². The molecule has 1 aliphatic carbocycles. The number of carbonyl (C=O) groups excluding carboxylic acids is 1. The lowest BCUT2D eigenvalue weighted by atomic mass is 9.88. The molecule has 2 rings (SSSR count). The van der Waals surface area contributed by atoms with Gasteiger partial charge in [-0.2, -0.15) is 0 Å². The van der Waals surface area contributed by atoms with Crippen LogP contribution in [0, 0.1) is 5.92 Å². The predicted molar refractivity (Wildman–Crippen MR) is 66.8 cm³/mol. The molecule has 2 amide bonds. The van der Waals surface area contributed by atoms with E-state index in [2.05, 4.69) is 5.32 Å². The van der Waals surface area contributed by atoms with Crippen molar-refractivity contribution in [1.29, 1.82) is 0 Å². The molecule has 0 spiro atoms. The van der Waals surface area contributed by atoms with Crippen LogP contribution in [-0.4, -0.2) is 41.3 Å². The zero-order chi connectivity index (χ0) is 12.3. The molecule has 2 N–H and O–H groups in total. The van der Waals surface area contributed by atoms with Gasteiger partial charge >= 0.3 is 6.03 Å². The maximum Gasteiger partial charge on any atom is 0.317 e. The minimum Gasteiger partial charge on any atom is -0.393 e. The maximum absolute atomic E-state index is 12.0. The van der Waals surface area contributed by atoms with Crippen molar-refractivity contribution >= 4 is 6.03 Å². The van der Waals surface area contributed by atoms with Crippen molar-refractivity contribution in [3.8, 4) is 0 Å². The van der Waals surface area contributed by atoms with Gasteiger partial charge in [-0.3, -0.25) is 0 Å². The van der Waals surface area contributed by atoms with E-state index in [-0.39, 0.29) is 18.2 Å². The first-order valence-electron chi connectivity index (χ1n) is 6.96. The number of aliphatic hydroxyl groups excluding tert-OH is 1. The minimum atomic E-state index is -0.199. The summed E-state index contributed by atoms with van der Waals surface area (Å²) in [7, 11) is 0. The molecular formula is C13H24N2O2. The molecule has 0 radical (unpaired) electrons. The maximum atomic E-state index is 12.0. The summed E-state index contributed by atoms with van der Waals surface area (Å²) in [5.41, 5.74) is 0. The first-order chi connectivity index (χ1) is 8.24. The summed E-state index contributed by atoms with van der Waals surface area (Å²) in [4.78, 5) is 14.0. The van der Waals surface area contributed by atoms with Crippen LogP contribution in [0.25, 0.3) is 0 Å². The molecule has 1 saturated heterocycles. The first kappa shape index (κ1) is 12.7. The number of nitrogens with one attached hydrogen (secondary N) is 1. The molecule has 4 nitrogen and oxygen atoms in total. The Bertz CT molecular complexity index is 270. The second-order valence-electron chi connectivity index (χ2n) is 5.25. The second kappa shape index (κ2) is 5.71. The van der Waals surface area contributed by atoms with Gasteiger partial charge in [-0.05, 0) is 39.0 Å². The van der Waals surface area contributed by atoms with Crippen LogP contribution in [0.5, 0.6) is 0 Å². The first-order valence-corrected chi connectivity index (χ1v) is 6.96. The Morgan fingerprint density at radius 1 is 1.29 bits per heavy atom. The third-order valence-electron chi connectivity index (χ3n) is 4.16. The summed E-state index contributed by atoms with van der Waals surface area (Å²) < 4.78 is 0. The summed E-state index contributed by atoms with van der Waals surface area (Å²) in [6.07, 6.45) is 6.21. The largest absolute Gasteiger partial charge is 0.393 e. The van der Waals surface area contributed by atoms with Gasteiger partial charge in [0.25, 0.3) is 0 Å². The molecule has 0 aromatic heterocycles. The van der Waals surface area contributed by atoms with Crippen molar-refractivity contribution in [1.82, 2.24) is 10.2 Å². The Morgan fingerprint density at radius 3 is 2.76 bits per heavy atom. The SMILES string of the molecule is CCNC(=O)N1CCCCC1C1CCCC1O. The quantitative estimate of drug-likeness (QED) is 0.772. The third-order valence-corrected chi connectivity index (χ3v) is 4.16. The van der Waals surface area contributed by atoms with Gasteiger partial charge < -0.3 is 15.3 Å². The standard InChI is InChI=1S/C13H24N2O2/c1-2-14-13(17)15-9-4-3-7-11(15)10-6-5-8-12(10)16/h10-12,16H,2-9H2,1H3,(H,14,17). The number of carbonyl (C=O) groups is 1. The molecule has 4 heteroatoms. The summed E-state index contributed by atoms with van der Waals surface area (Å²) in [6, 6.07) is 0.309. The molecule has 1 heterocycles. The summed E-state index contributed by atoms with van der Waals surface area (Å²) in [5.74, 6) is 0.304. The molecular weight excluding hydrogens is 216 g/mol. The molecule has 0 aromatic rings. The van der Waals surface area contributed by atoms with Gasteiger partial charge in [0, 0.05) is 25.0 Å². The summed E-state index contributed by atoms with van der Waals surface area (Å²) in [6.45, 7) is 3.47. The number of amides is 2. The van der Waals surface area contributed by atoms with Gasteiger partial charge in [0.15, 0.2) is 0 Å². The molecule has 3 atom stereocenters. The fraction of sp³-hybridized carbons (Fsp3) is 0.923. The molecule has 2 aliphatic rings. The lowest BCUT2D eigenvalue weighted by Crippen LogP contribution is -2.52. The third kappa shape index (κ3) is 2.73. The number of piperidine rings is 1. The Morgan fingerprint density at radius 2 is 2.12 bits per heavy atom. The van der Waals surface area contributed by atoms with Crippen molar-refractivity contribution in [2.75, 3.05) is 13.1 Å². The molecule has 0 aromatic carbocycles. The monoisotopic (exact) mass is 240 g/mol. The molecule has 1 saturated carbocycles.